The molecule has 0 radical (unpaired) electrons. The number of carbonyl (C=O) groups excluding carboxylic acids is 1. The molecule has 1 aliphatic heterocycles. The van der Waals surface area contributed by atoms with Crippen LogP contribution in [0, 0.1) is 5.92 Å². The quantitative estimate of drug-likeness (QED) is 0.792. The van der Waals surface area contributed by atoms with Gasteiger partial charge in [0.2, 0.25) is 5.91 Å². The lowest BCUT2D eigenvalue weighted by atomic mass is 9.98. The summed E-state index contributed by atoms with van der Waals surface area (Å²) in [6.45, 7) is 3.82. The van der Waals surface area contributed by atoms with Gasteiger partial charge in [0.25, 0.3) is 0 Å². The van der Waals surface area contributed by atoms with E-state index in [1.54, 1.807) is 0 Å². The lowest BCUT2D eigenvalue weighted by molar-refractivity contribution is -0.131. The van der Waals surface area contributed by atoms with Gasteiger partial charge in [-0.25, -0.2) is 0 Å². The third-order valence-corrected chi connectivity index (χ3v) is 5.18. The highest BCUT2D eigenvalue weighted by Gasteiger charge is 2.27. The van der Waals surface area contributed by atoms with Crippen molar-refractivity contribution in [2.45, 2.75) is 24.6 Å². The molecule has 20 heavy (non-hydrogen) atoms. The third-order valence-electron chi connectivity index (χ3n) is 3.99. The molecule has 106 valence electrons. The summed E-state index contributed by atoms with van der Waals surface area (Å²) in [4.78, 5) is 14.7. The van der Waals surface area contributed by atoms with Crippen LogP contribution in [0.4, 0.5) is 0 Å². The van der Waals surface area contributed by atoms with Gasteiger partial charge >= 0.3 is 0 Å². The Morgan fingerprint density at radius 3 is 3.10 bits per heavy atom. The van der Waals surface area contributed by atoms with Crippen LogP contribution in [0.15, 0.2) is 28.8 Å². The zero-order valence-electron chi connectivity index (χ0n) is 11.4. The van der Waals surface area contributed by atoms with E-state index < -0.39 is 0 Å². The molecule has 2 aromatic rings. The molecular weight excluding hydrogens is 320 g/mol. The Bertz CT molecular complexity index is 625. The first-order chi connectivity index (χ1) is 9.65. The molecule has 3 rings (SSSR count). The summed E-state index contributed by atoms with van der Waals surface area (Å²) < 4.78 is 5.25. The van der Waals surface area contributed by atoms with Gasteiger partial charge in [-0.15, -0.1) is 0 Å². The van der Waals surface area contributed by atoms with E-state index in [1.807, 2.05) is 29.2 Å². The van der Waals surface area contributed by atoms with Crippen LogP contribution in [0.25, 0.3) is 11.0 Å². The number of amides is 1. The number of rotatable bonds is 2. The van der Waals surface area contributed by atoms with Crippen LogP contribution >= 0.6 is 15.9 Å². The Kier molecular flexibility index (Phi) is 3.78. The average Bonchev–Trinajstić information content (AvgIpc) is 2.85. The van der Waals surface area contributed by atoms with Gasteiger partial charge in [-0.05, 0) is 24.5 Å². The molecule has 0 N–H and O–H groups in total. The van der Waals surface area contributed by atoms with Gasteiger partial charge in [-0.3, -0.25) is 4.79 Å². The Morgan fingerprint density at radius 1 is 1.50 bits per heavy atom. The van der Waals surface area contributed by atoms with Crippen molar-refractivity contribution in [3.63, 3.8) is 0 Å². The maximum absolute atomic E-state index is 12.4. The molecule has 1 saturated heterocycles. The summed E-state index contributed by atoms with van der Waals surface area (Å²) in [5.41, 5.74) is 1.47. The van der Waals surface area contributed by atoms with Gasteiger partial charge in [-0.1, -0.05) is 40.1 Å². The lowest BCUT2D eigenvalue weighted by Crippen LogP contribution is -2.44. The Balaban J connectivity index is 1.73. The topological polar surface area (TPSA) is 46.3 Å². The van der Waals surface area contributed by atoms with Gasteiger partial charge in [0.1, 0.15) is 5.69 Å². The second kappa shape index (κ2) is 5.56. The minimum atomic E-state index is 0.125. The standard InChI is InChI=1S/C15H17BrN2O2/c1-10-6-7-18(9-12(10)16)15(19)8-13-11-4-2-3-5-14(11)20-17-13/h2-5,10,12H,6-9H2,1H3. The molecular formula is C15H17BrN2O2. The number of para-hydroxylation sites is 1. The van der Waals surface area contributed by atoms with E-state index in [2.05, 4.69) is 28.0 Å². The zero-order chi connectivity index (χ0) is 14.1. The van der Waals surface area contributed by atoms with Crippen LogP contribution in [0.1, 0.15) is 19.0 Å². The van der Waals surface area contributed by atoms with Crippen LogP contribution in [0.2, 0.25) is 0 Å². The minimum Gasteiger partial charge on any atom is -0.356 e. The largest absolute Gasteiger partial charge is 0.356 e. The predicted octanol–water partition coefficient (Wildman–Crippen LogP) is 3.00. The van der Waals surface area contributed by atoms with Gasteiger partial charge in [0.05, 0.1) is 6.42 Å². The monoisotopic (exact) mass is 336 g/mol. The van der Waals surface area contributed by atoms with Crippen molar-refractivity contribution in [1.82, 2.24) is 10.1 Å². The second-order valence-corrected chi connectivity index (χ2v) is 6.60. The molecule has 1 aliphatic rings. The molecule has 2 heterocycles. The fraction of sp³-hybridized carbons (Fsp3) is 0.467. The minimum absolute atomic E-state index is 0.125. The highest BCUT2D eigenvalue weighted by molar-refractivity contribution is 9.09. The molecule has 0 spiro atoms. The fourth-order valence-electron chi connectivity index (χ4n) is 2.57. The van der Waals surface area contributed by atoms with E-state index in [4.69, 9.17) is 4.52 Å². The van der Waals surface area contributed by atoms with Crippen molar-refractivity contribution in [1.29, 1.82) is 0 Å². The number of carbonyl (C=O) groups is 1. The number of piperidine rings is 1. The number of nitrogens with zero attached hydrogens (tertiary/aromatic N) is 2. The molecule has 0 bridgehead atoms. The van der Waals surface area contributed by atoms with E-state index in [9.17, 15) is 4.79 Å². The molecule has 1 fully saturated rings. The number of hydrogen-bond donors (Lipinski definition) is 0. The van der Waals surface area contributed by atoms with E-state index in [0.717, 1.165) is 36.2 Å². The summed E-state index contributed by atoms with van der Waals surface area (Å²) in [5, 5.41) is 4.96. The Labute approximate surface area is 126 Å². The fourth-order valence-corrected chi connectivity index (χ4v) is 3.18. The number of likely N-dealkylation sites (tertiary alicyclic amines) is 1. The van der Waals surface area contributed by atoms with Gasteiger partial charge in [-0.2, -0.15) is 0 Å². The van der Waals surface area contributed by atoms with Gasteiger partial charge in [0.15, 0.2) is 5.58 Å². The highest BCUT2D eigenvalue weighted by atomic mass is 79.9. The average molecular weight is 337 g/mol. The molecule has 4 nitrogen and oxygen atoms in total. The van der Waals surface area contributed by atoms with Crippen molar-refractivity contribution in [2.75, 3.05) is 13.1 Å². The SMILES string of the molecule is CC1CCN(C(=O)Cc2noc3ccccc23)CC1Br. The van der Waals surface area contributed by atoms with E-state index in [1.165, 1.54) is 0 Å². The maximum Gasteiger partial charge on any atom is 0.228 e. The summed E-state index contributed by atoms with van der Waals surface area (Å²) >= 11 is 3.65. The van der Waals surface area contributed by atoms with Crippen molar-refractivity contribution in [2.24, 2.45) is 5.92 Å². The van der Waals surface area contributed by atoms with Crippen LogP contribution in [0.5, 0.6) is 0 Å². The zero-order valence-corrected chi connectivity index (χ0v) is 13.0. The number of halogens is 1. The number of benzene rings is 1. The molecule has 0 aliphatic carbocycles. The first-order valence-electron chi connectivity index (χ1n) is 6.90. The van der Waals surface area contributed by atoms with Gasteiger partial charge < -0.3 is 9.42 Å². The summed E-state index contributed by atoms with van der Waals surface area (Å²) in [6.07, 6.45) is 1.35. The predicted molar refractivity (Wildman–Crippen MR) is 80.8 cm³/mol. The third kappa shape index (κ3) is 2.59. The maximum atomic E-state index is 12.4. The molecule has 1 aromatic heterocycles. The normalized spacial score (nSPS) is 23.2. The number of hydrogen-bond acceptors (Lipinski definition) is 3. The second-order valence-electron chi connectivity index (χ2n) is 5.42. The molecule has 2 unspecified atom stereocenters. The summed E-state index contributed by atoms with van der Waals surface area (Å²) in [6, 6.07) is 7.65. The Hall–Kier alpha value is -1.36. The Morgan fingerprint density at radius 2 is 2.30 bits per heavy atom. The number of fused-ring (bicyclic) bond motifs is 1. The van der Waals surface area contributed by atoms with Crippen LogP contribution < -0.4 is 0 Å². The first-order valence-corrected chi connectivity index (χ1v) is 7.82. The van der Waals surface area contributed by atoms with Crippen molar-refractivity contribution in [3.8, 4) is 0 Å². The smallest absolute Gasteiger partial charge is 0.228 e. The van der Waals surface area contributed by atoms with Crippen molar-refractivity contribution >= 4 is 32.8 Å². The van der Waals surface area contributed by atoms with Crippen LogP contribution in [-0.4, -0.2) is 33.9 Å². The van der Waals surface area contributed by atoms with Crippen molar-refractivity contribution < 1.29 is 9.32 Å². The summed E-state index contributed by atoms with van der Waals surface area (Å²) in [5.74, 6) is 0.743. The van der Waals surface area contributed by atoms with Crippen molar-refractivity contribution in [3.05, 3.63) is 30.0 Å². The molecule has 1 amide bonds. The van der Waals surface area contributed by atoms with E-state index in [0.29, 0.717) is 17.2 Å². The summed E-state index contributed by atoms with van der Waals surface area (Å²) in [7, 11) is 0. The molecule has 2 atom stereocenters. The van der Waals surface area contributed by atoms with Crippen LogP contribution in [0.3, 0.4) is 0 Å². The van der Waals surface area contributed by atoms with Crippen LogP contribution in [-0.2, 0) is 11.2 Å². The molecule has 1 aromatic carbocycles. The molecule has 0 saturated carbocycles. The molecule has 5 heteroatoms. The first kappa shape index (κ1) is 13.6. The lowest BCUT2D eigenvalue weighted by Gasteiger charge is -2.34. The van der Waals surface area contributed by atoms with E-state index >= 15 is 0 Å². The number of aromatic nitrogens is 1. The highest BCUT2D eigenvalue weighted by Crippen LogP contribution is 2.24. The number of alkyl halides is 1. The van der Waals surface area contributed by atoms with Gasteiger partial charge in [0, 0.05) is 23.3 Å². The van der Waals surface area contributed by atoms with E-state index in [-0.39, 0.29) is 5.91 Å².